The number of thiol groups is 1. The Hall–Kier alpha value is -0.380. The van der Waals surface area contributed by atoms with Crippen LogP contribution in [0.15, 0.2) is 24.3 Å². The van der Waals surface area contributed by atoms with Gasteiger partial charge >= 0.3 is 0 Å². The molecule has 4 heteroatoms. The molecule has 1 aliphatic rings. The molecule has 0 aromatic heterocycles. The third kappa shape index (κ3) is 4.31. The molecule has 1 aromatic rings. The highest BCUT2D eigenvalue weighted by atomic mass is 35.5. The summed E-state index contributed by atoms with van der Waals surface area (Å²) >= 11 is 10.8. The fourth-order valence-electron chi connectivity index (χ4n) is 2.89. The van der Waals surface area contributed by atoms with Gasteiger partial charge < -0.3 is 4.90 Å². The smallest absolute Gasteiger partial charge is 0.0639 e. The van der Waals surface area contributed by atoms with E-state index in [1.807, 2.05) is 12.1 Å². The molecule has 1 saturated heterocycles. The van der Waals surface area contributed by atoms with Crippen molar-refractivity contribution in [3.63, 3.8) is 0 Å². The van der Waals surface area contributed by atoms with Crippen molar-refractivity contribution < 1.29 is 0 Å². The van der Waals surface area contributed by atoms with E-state index in [-0.39, 0.29) is 0 Å². The lowest BCUT2D eigenvalue weighted by Crippen LogP contribution is -2.48. The second kappa shape index (κ2) is 8.16. The summed E-state index contributed by atoms with van der Waals surface area (Å²) in [6.07, 6.45) is 2.54. The van der Waals surface area contributed by atoms with Crippen LogP contribution in [0.4, 0.5) is 5.69 Å². The maximum absolute atomic E-state index is 6.28. The Bertz CT molecular complexity index is 405. The molecule has 0 saturated carbocycles. The van der Waals surface area contributed by atoms with E-state index in [4.69, 9.17) is 11.6 Å². The molecule has 1 atom stereocenters. The van der Waals surface area contributed by atoms with Crippen LogP contribution in [0, 0.1) is 5.92 Å². The number of nitrogens with zero attached hydrogens (tertiary/aromatic N) is 2. The Morgan fingerprint density at radius 2 is 1.90 bits per heavy atom. The molecule has 0 N–H and O–H groups in total. The molecule has 0 amide bonds. The summed E-state index contributed by atoms with van der Waals surface area (Å²) in [5.41, 5.74) is 1.17. The lowest BCUT2D eigenvalue weighted by Gasteiger charge is -2.37. The number of anilines is 1. The van der Waals surface area contributed by atoms with Crippen molar-refractivity contribution in [1.29, 1.82) is 0 Å². The molecular formula is C16H25ClN2S. The maximum Gasteiger partial charge on any atom is 0.0639 e. The first-order valence-electron chi connectivity index (χ1n) is 7.57. The minimum Gasteiger partial charge on any atom is -0.368 e. The van der Waals surface area contributed by atoms with Crippen LogP contribution in [0.5, 0.6) is 0 Å². The van der Waals surface area contributed by atoms with Crippen LogP contribution in [0.1, 0.15) is 19.8 Å². The molecule has 1 heterocycles. The van der Waals surface area contributed by atoms with Crippen molar-refractivity contribution >= 4 is 29.9 Å². The van der Waals surface area contributed by atoms with Gasteiger partial charge in [-0.15, -0.1) is 0 Å². The highest BCUT2D eigenvalue weighted by Crippen LogP contribution is 2.26. The number of hydrogen-bond acceptors (Lipinski definition) is 3. The highest BCUT2D eigenvalue weighted by Gasteiger charge is 2.20. The minimum atomic E-state index is 0.732. The lowest BCUT2D eigenvalue weighted by atomic mass is 10.0. The number of rotatable bonds is 6. The van der Waals surface area contributed by atoms with Crippen molar-refractivity contribution in [3.8, 4) is 0 Å². The van der Waals surface area contributed by atoms with Crippen molar-refractivity contribution in [3.05, 3.63) is 29.3 Å². The van der Waals surface area contributed by atoms with E-state index in [0.29, 0.717) is 0 Å². The number of benzene rings is 1. The maximum atomic E-state index is 6.28. The molecule has 2 nitrogen and oxygen atoms in total. The third-order valence-corrected chi connectivity index (χ3v) is 4.87. The molecular weight excluding hydrogens is 288 g/mol. The van der Waals surface area contributed by atoms with Crippen LogP contribution in [0.25, 0.3) is 0 Å². The summed E-state index contributed by atoms with van der Waals surface area (Å²) < 4.78 is 0. The molecule has 0 spiro atoms. The monoisotopic (exact) mass is 312 g/mol. The second-order valence-corrected chi connectivity index (χ2v) is 6.35. The van der Waals surface area contributed by atoms with Crippen LogP contribution in [-0.2, 0) is 0 Å². The fourth-order valence-corrected chi connectivity index (χ4v) is 3.45. The molecule has 0 bridgehead atoms. The molecule has 1 fully saturated rings. The topological polar surface area (TPSA) is 6.48 Å². The van der Waals surface area contributed by atoms with Crippen LogP contribution in [0.2, 0.25) is 5.02 Å². The summed E-state index contributed by atoms with van der Waals surface area (Å²) in [6, 6.07) is 8.14. The van der Waals surface area contributed by atoms with Gasteiger partial charge in [-0.25, -0.2) is 0 Å². The predicted octanol–water partition coefficient (Wildman–Crippen LogP) is 3.81. The van der Waals surface area contributed by atoms with E-state index < -0.39 is 0 Å². The van der Waals surface area contributed by atoms with E-state index in [2.05, 4.69) is 41.5 Å². The van der Waals surface area contributed by atoms with Gasteiger partial charge in [0, 0.05) is 32.7 Å². The molecule has 112 valence electrons. The summed E-state index contributed by atoms with van der Waals surface area (Å²) in [7, 11) is 0. The van der Waals surface area contributed by atoms with E-state index in [0.717, 1.165) is 42.9 Å². The largest absolute Gasteiger partial charge is 0.368 e. The van der Waals surface area contributed by atoms with Gasteiger partial charge in [0.05, 0.1) is 10.7 Å². The van der Waals surface area contributed by atoms with E-state index in [1.54, 1.807) is 0 Å². The number of hydrogen-bond donors (Lipinski definition) is 1. The first-order valence-corrected chi connectivity index (χ1v) is 8.58. The average Bonchev–Trinajstić information content (AvgIpc) is 2.48. The third-order valence-electron chi connectivity index (χ3n) is 4.04. The van der Waals surface area contributed by atoms with Crippen LogP contribution in [0.3, 0.4) is 0 Å². The zero-order valence-electron chi connectivity index (χ0n) is 12.3. The van der Waals surface area contributed by atoms with Crippen LogP contribution < -0.4 is 4.90 Å². The SMILES string of the molecule is CCCC(CS)CN1CCN(c2ccccc2Cl)CC1. The average molecular weight is 313 g/mol. The van der Waals surface area contributed by atoms with Gasteiger partial charge in [0.25, 0.3) is 0 Å². The first kappa shape index (κ1) is 16.0. The summed E-state index contributed by atoms with van der Waals surface area (Å²) in [6.45, 7) is 7.82. The Balaban J connectivity index is 1.85. The molecule has 1 aliphatic heterocycles. The lowest BCUT2D eigenvalue weighted by molar-refractivity contribution is 0.221. The van der Waals surface area contributed by atoms with Crippen molar-refractivity contribution in [2.75, 3.05) is 43.4 Å². The summed E-state index contributed by atoms with van der Waals surface area (Å²) in [5.74, 6) is 1.73. The Morgan fingerprint density at radius 3 is 2.50 bits per heavy atom. The van der Waals surface area contributed by atoms with E-state index >= 15 is 0 Å². The van der Waals surface area contributed by atoms with Gasteiger partial charge in [0.15, 0.2) is 0 Å². The number of para-hydroxylation sites is 1. The predicted molar refractivity (Wildman–Crippen MR) is 92.4 cm³/mol. The minimum absolute atomic E-state index is 0.732. The number of halogens is 1. The van der Waals surface area contributed by atoms with Crippen LogP contribution >= 0.6 is 24.2 Å². The Morgan fingerprint density at radius 1 is 1.20 bits per heavy atom. The van der Waals surface area contributed by atoms with E-state index in [1.165, 1.54) is 25.1 Å². The van der Waals surface area contributed by atoms with Gasteiger partial charge in [-0.05, 0) is 30.2 Å². The van der Waals surface area contributed by atoms with Crippen molar-refractivity contribution in [2.45, 2.75) is 19.8 Å². The van der Waals surface area contributed by atoms with Crippen LogP contribution in [-0.4, -0.2) is 43.4 Å². The number of piperazine rings is 1. The van der Waals surface area contributed by atoms with Gasteiger partial charge in [0.1, 0.15) is 0 Å². The molecule has 2 rings (SSSR count). The molecule has 1 unspecified atom stereocenters. The molecule has 0 aliphatic carbocycles. The normalized spacial score (nSPS) is 18.2. The zero-order chi connectivity index (χ0) is 14.4. The van der Waals surface area contributed by atoms with E-state index in [9.17, 15) is 0 Å². The van der Waals surface area contributed by atoms with Gasteiger partial charge in [-0.2, -0.15) is 12.6 Å². The zero-order valence-corrected chi connectivity index (χ0v) is 13.9. The highest BCUT2D eigenvalue weighted by molar-refractivity contribution is 7.80. The Labute approximate surface area is 133 Å². The second-order valence-electron chi connectivity index (χ2n) is 5.58. The van der Waals surface area contributed by atoms with Crippen molar-refractivity contribution in [1.82, 2.24) is 4.90 Å². The molecule has 0 radical (unpaired) electrons. The summed E-state index contributed by atoms with van der Waals surface area (Å²) in [4.78, 5) is 4.97. The summed E-state index contributed by atoms with van der Waals surface area (Å²) in [5, 5.41) is 0.861. The van der Waals surface area contributed by atoms with Crippen molar-refractivity contribution in [2.24, 2.45) is 5.92 Å². The standard InChI is InChI=1S/C16H25ClN2S/c1-2-5-14(13-20)12-18-8-10-19(11-9-18)16-7-4-3-6-15(16)17/h3-4,6-7,14,20H,2,5,8-13H2,1H3. The molecule has 20 heavy (non-hydrogen) atoms. The van der Waals surface area contributed by atoms with Gasteiger partial charge in [-0.1, -0.05) is 37.1 Å². The fraction of sp³-hybridized carbons (Fsp3) is 0.625. The quantitative estimate of drug-likeness (QED) is 0.798. The van der Waals surface area contributed by atoms with Gasteiger partial charge in [-0.3, -0.25) is 4.90 Å². The molecule has 1 aromatic carbocycles. The first-order chi connectivity index (χ1) is 9.74. The van der Waals surface area contributed by atoms with Gasteiger partial charge in [0.2, 0.25) is 0 Å². The Kier molecular flexibility index (Phi) is 6.53.